The number of nitrogens with two attached hydrogens (primary N) is 1. The van der Waals surface area contributed by atoms with Crippen LogP contribution in [0.4, 0.5) is 0 Å². The highest BCUT2D eigenvalue weighted by Gasteiger charge is 2.08. The maximum atomic E-state index is 11.5. The Morgan fingerprint density at radius 1 is 1.15 bits per heavy atom. The van der Waals surface area contributed by atoms with Crippen LogP contribution in [0.15, 0.2) is 18.2 Å². The van der Waals surface area contributed by atoms with Crippen LogP contribution >= 0.6 is 0 Å². The lowest BCUT2D eigenvalue weighted by Crippen LogP contribution is -2.39. The van der Waals surface area contributed by atoms with Gasteiger partial charge in [0.2, 0.25) is 11.8 Å². The third-order valence-corrected chi connectivity index (χ3v) is 2.60. The number of benzene rings is 1. The van der Waals surface area contributed by atoms with Crippen LogP contribution < -0.4 is 25.8 Å². The molecule has 1 rings (SSSR count). The first-order valence-corrected chi connectivity index (χ1v) is 6.05. The van der Waals surface area contributed by atoms with E-state index >= 15 is 0 Å². The van der Waals surface area contributed by atoms with E-state index in [2.05, 4.69) is 10.6 Å². The average molecular weight is 281 g/mol. The summed E-state index contributed by atoms with van der Waals surface area (Å²) < 4.78 is 10.3. The van der Waals surface area contributed by atoms with Gasteiger partial charge in [0.15, 0.2) is 0 Å². The van der Waals surface area contributed by atoms with Crippen molar-refractivity contribution in [3.8, 4) is 11.5 Å². The van der Waals surface area contributed by atoms with E-state index in [1.165, 1.54) is 0 Å². The summed E-state index contributed by atoms with van der Waals surface area (Å²) >= 11 is 0. The highest BCUT2D eigenvalue weighted by atomic mass is 16.5. The summed E-state index contributed by atoms with van der Waals surface area (Å²) in [6.07, 6.45) is 0. The Bertz CT molecular complexity index is 477. The van der Waals surface area contributed by atoms with Gasteiger partial charge in [0.05, 0.1) is 27.3 Å². The Morgan fingerprint density at radius 3 is 2.50 bits per heavy atom. The van der Waals surface area contributed by atoms with E-state index in [4.69, 9.17) is 15.2 Å². The third-order valence-electron chi connectivity index (χ3n) is 2.60. The first-order chi connectivity index (χ1) is 9.60. The van der Waals surface area contributed by atoms with Crippen molar-refractivity contribution in [3.05, 3.63) is 23.8 Å². The molecule has 0 radical (unpaired) electrons. The maximum absolute atomic E-state index is 11.5. The van der Waals surface area contributed by atoms with Crippen LogP contribution in [0.1, 0.15) is 5.56 Å². The molecule has 4 N–H and O–H groups in total. The molecule has 0 atom stereocenters. The monoisotopic (exact) mass is 281 g/mol. The molecule has 1 aromatic carbocycles. The zero-order chi connectivity index (χ0) is 15.0. The Kier molecular flexibility index (Phi) is 6.31. The Morgan fingerprint density at radius 2 is 1.90 bits per heavy atom. The minimum absolute atomic E-state index is 0.103. The summed E-state index contributed by atoms with van der Waals surface area (Å²) in [6.45, 7) is 0.0541. The van der Waals surface area contributed by atoms with Crippen molar-refractivity contribution >= 4 is 11.8 Å². The molecule has 110 valence electrons. The summed E-state index contributed by atoms with van der Waals surface area (Å²) in [6, 6.07) is 5.31. The summed E-state index contributed by atoms with van der Waals surface area (Å²) in [5, 5.41) is 5.06. The van der Waals surface area contributed by atoms with E-state index in [9.17, 15) is 9.59 Å². The van der Waals surface area contributed by atoms with E-state index in [-0.39, 0.29) is 24.9 Å². The molecule has 0 bridgehead atoms. The second-order valence-corrected chi connectivity index (χ2v) is 3.94. The molecule has 0 aliphatic rings. The molecular formula is C13H19N3O4. The molecule has 0 heterocycles. The van der Waals surface area contributed by atoms with Gasteiger partial charge in [-0.05, 0) is 12.1 Å². The van der Waals surface area contributed by atoms with Gasteiger partial charge >= 0.3 is 0 Å². The number of ether oxygens (including phenoxy) is 2. The average Bonchev–Trinajstić information content (AvgIpc) is 2.50. The molecule has 7 nitrogen and oxygen atoms in total. The van der Waals surface area contributed by atoms with Crippen LogP contribution in [0, 0.1) is 0 Å². The molecule has 0 saturated carbocycles. The molecule has 20 heavy (non-hydrogen) atoms. The summed E-state index contributed by atoms with van der Waals surface area (Å²) in [4.78, 5) is 22.4. The highest BCUT2D eigenvalue weighted by molar-refractivity contribution is 5.85. The Balaban J connectivity index is 2.52. The lowest BCUT2D eigenvalue weighted by Gasteiger charge is -2.11. The third kappa shape index (κ3) is 4.77. The van der Waals surface area contributed by atoms with Gasteiger partial charge in [0.25, 0.3) is 0 Å². The Labute approximate surface area is 117 Å². The van der Waals surface area contributed by atoms with Crippen LogP contribution in [-0.4, -0.2) is 39.1 Å². The van der Waals surface area contributed by atoms with Crippen LogP contribution in [-0.2, 0) is 16.1 Å². The van der Waals surface area contributed by atoms with Crippen LogP contribution in [0.5, 0.6) is 11.5 Å². The van der Waals surface area contributed by atoms with E-state index in [1.807, 2.05) is 0 Å². The number of hydrogen-bond donors (Lipinski definition) is 3. The van der Waals surface area contributed by atoms with E-state index in [0.717, 1.165) is 5.56 Å². The number of carbonyl (C=O) groups excluding carboxylic acids is 2. The van der Waals surface area contributed by atoms with Crippen molar-refractivity contribution < 1.29 is 19.1 Å². The number of methoxy groups -OCH3 is 2. The molecule has 0 aromatic heterocycles. The fourth-order valence-electron chi connectivity index (χ4n) is 1.51. The normalized spacial score (nSPS) is 9.75. The predicted molar refractivity (Wildman–Crippen MR) is 73.5 cm³/mol. The van der Waals surface area contributed by atoms with Crippen LogP contribution in [0.2, 0.25) is 0 Å². The molecule has 0 aliphatic carbocycles. The summed E-state index contributed by atoms with van der Waals surface area (Å²) in [5.41, 5.74) is 5.93. The van der Waals surface area contributed by atoms with Crippen LogP contribution in [0.25, 0.3) is 0 Å². The second kappa shape index (κ2) is 8.00. The van der Waals surface area contributed by atoms with Crippen molar-refractivity contribution in [2.24, 2.45) is 5.73 Å². The zero-order valence-corrected chi connectivity index (χ0v) is 11.6. The van der Waals surface area contributed by atoms with Crippen molar-refractivity contribution in [2.45, 2.75) is 6.54 Å². The predicted octanol–water partition coefficient (Wildman–Crippen LogP) is -0.605. The molecule has 2 amide bonds. The molecule has 0 unspecified atom stereocenters. The standard InChI is InChI=1S/C13H19N3O4/c1-19-10-4-3-9(11(5-10)20-2)7-15-13(18)8-16-12(17)6-14/h3-5H,6-8,14H2,1-2H3,(H,15,18)(H,16,17). The van der Waals surface area contributed by atoms with Gasteiger partial charge in [-0.25, -0.2) is 0 Å². The van der Waals surface area contributed by atoms with Gasteiger partial charge in [0.1, 0.15) is 11.5 Å². The molecule has 7 heteroatoms. The molecular weight excluding hydrogens is 262 g/mol. The summed E-state index contributed by atoms with van der Waals surface area (Å²) in [5.74, 6) is 0.620. The number of nitrogens with one attached hydrogen (secondary N) is 2. The van der Waals surface area contributed by atoms with Crippen molar-refractivity contribution in [1.29, 1.82) is 0 Å². The van der Waals surface area contributed by atoms with Gasteiger partial charge in [-0.15, -0.1) is 0 Å². The van der Waals surface area contributed by atoms with Crippen molar-refractivity contribution in [1.82, 2.24) is 10.6 Å². The van der Waals surface area contributed by atoms with Gasteiger partial charge < -0.3 is 25.8 Å². The fraction of sp³-hybridized carbons (Fsp3) is 0.385. The minimum atomic E-state index is -0.373. The SMILES string of the molecule is COc1ccc(CNC(=O)CNC(=O)CN)c(OC)c1. The fourth-order valence-corrected chi connectivity index (χ4v) is 1.51. The van der Waals surface area contributed by atoms with Gasteiger partial charge in [0, 0.05) is 18.2 Å². The largest absolute Gasteiger partial charge is 0.497 e. The van der Waals surface area contributed by atoms with Gasteiger partial charge in [-0.3, -0.25) is 9.59 Å². The van der Waals surface area contributed by atoms with E-state index in [0.29, 0.717) is 18.0 Å². The number of rotatable bonds is 7. The first kappa shape index (κ1) is 15.8. The molecule has 0 spiro atoms. The molecule has 0 fully saturated rings. The molecule has 0 saturated heterocycles. The zero-order valence-electron chi connectivity index (χ0n) is 11.6. The lowest BCUT2D eigenvalue weighted by molar-refractivity contribution is -0.125. The number of hydrogen-bond acceptors (Lipinski definition) is 5. The molecule has 1 aromatic rings. The van der Waals surface area contributed by atoms with Crippen molar-refractivity contribution in [2.75, 3.05) is 27.3 Å². The number of carbonyl (C=O) groups is 2. The quantitative estimate of drug-likeness (QED) is 0.619. The minimum Gasteiger partial charge on any atom is -0.497 e. The Hall–Kier alpha value is -2.28. The topological polar surface area (TPSA) is 103 Å². The highest BCUT2D eigenvalue weighted by Crippen LogP contribution is 2.24. The second-order valence-electron chi connectivity index (χ2n) is 3.94. The molecule has 0 aliphatic heterocycles. The van der Waals surface area contributed by atoms with Crippen molar-refractivity contribution in [3.63, 3.8) is 0 Å². The van der Waals surface area contributed by atoms with E-state index in [1.54, 1.807) is 32.4 Å². The van der Waals surface area contributed by atoms with E-state index < -0.39 is 0 Å². The first-order valence-electron chi connectivity index (χ1n) is 6.05. The lowest BCUT2D eigenvalue weighted by atomic mass is 10.2. The maximum Gasteiger partial charge on any atom is 0.239 e. The summed E-state index contributed by atoms with van der Waals surface area (Å²) in [7, 11) is 3.11. The van der Waals surface area contributed by atoms with Gasteiger partial charge in [-0.1, -0.05) is 0 Å². The van der Waals surface area contributed by atoms with Crippen LogP contribution in [0.3, 0.4) is 0 Å². The smallest absolute Gasteiger partial charge is 0.239 e. The number of amides is 2. The van der Waals surface area contributed by atoms with Gasteiger partial charge in [-0.2, -0.15) is 0 Å².